The molecule has 1 fully saturated rings. The summed E-state index contributed by atoms with van der Waals surface area (Å²) >= 11 is 0. The van der Waals surface area contributed by atoms with Crippen molar-refractivity contribution in [1.29, 1.82) is 0 Å². The van der Waals surface area contributed by atoms with Crippen LogP contribution in [0.25, 0.3) is 0 Å². The normalized spacial score (nSPS) is 14.7. The Morgan fingerprint density at radius 3 is 2.46 bits per heavy atom. The van der Waals surface area contributed by atoms with Crippen molar-refractivity contribution in [3.05, 3.63) is 59.7 Å². The number of hydrogen-bond acceptors (Lipinski definition) is 3. The summed E-state index contributed by atoms with van der Waals surface area (Å²) in [5, 5.41) is 2.99. The van der Waals surface area contributed by atoms with E-state index in [0.717, 1.165) is 37.7 Å². The van der Waals surface area contributed by atoms with Crippen LogP contribution in [-0.4, -0.2) is 32.2 Å². The van der Waals surface area contributed by atoms with Gasteiger partial charge >= 0.3 is 0 Å². The number of nitrogens with zero attached hydrogens (tertiary/aromatic N) is 1. The fourth-order valence-corrected chi connectivity index (χ4v) is 2.82. The lowest BCUT2D eigenvalue weighted by atomic mass is 10.0. The van der Waals surface area contributed by atoms with Crippen LogP contribution in [0.2, 0.25) is 0 Å². The van der Waals surface area contributed by atoms with Crippen LogP contribution in [0.4, 0.5) is 11.4 Å². The quantitative estimate of drug-likeness (QED) is 0.927. The van der Waals surface area contributed by atoms with Gasteiger partial charge in [-0.3, -0.25) is 4.79 Å². The number of carbonyl (C=O) groups is 1. The van der Waals surface area contributed by atoms with Gasteiger partial charge in [-0.1, -0.05) is 32.0 Å². The highest BCUT2D eigenvalue weighted by Crippen LogP contribution is 2.21. The monoisotopic (exact) mass is 324 g/mol. The van der Waals surface area contributed by atoms with Crippen molar-refractivity contribution in [2.75, 3.05) is 36.5 Å². The minimum Gasteiger partial charge on any atom is -0.378 e. The van der Waals surface area contributed by atoms with Gasteiger partial charge in [0.15, 0.2) is 0 Å². The summed E-state index contributed by atoms with van der Waals surface area (Å²) in [6.07, 6.45) is 0. The maximum absolute atomic E-state index is 12.4. The van der Waals surface area contributed by atoms with Crippen molar-refractivity contribution in [2.45, 2.75) is 19.8 Å². The van der Waals surface area contributed by atoms with Crippen molar-refractivity contribution < 1.29 is 9.53 Å². The van der Waals surface area contributed by atoms with Crippen LogP contribution < -0.4 is 10.2 Å². The summed E-state index contributed by atoms with van der Waals surface area (Å²) < 4.78 is 5.39. The fourth-order valence-electron chi connectivity index (χ4n) is 2.82. The highest BCUT2D eigenvalue weighted by Gasteiger charge is 2.12. The van der Waals surface area contributed by atoms with Crippen molar-refractivity contribution in [1.82, 2.24) is 0 Å². The number of rotatable bonds is 4. The molecule has 2 aromatic rings. The van der Waals surface area contributed by atoms with E-state index in [1.54, 1.807) is 0 Å². The molecule has 0 radical (unpaired) electrons. The molecule has 1 saturated heterocycles. The maximum Gasteiger partial charge on any atom is 0.255 e. The molecule has 1 aliphatic heterocycles. The summed E-state index contributed by atoms with van der Waals surface area (Å²) in [6, 6.07) is 15.8. The average Bonchev–Trinajstić information content (AvgIpc) is 2.63. The first kappa shape index (κ1) is 16.5. The third kappa shape index (κ3) is 3.95. The van der Waals surface area contributed by atoms with Crippen molar-refractivity contribution >= 4 is 17.3 Å². The van der Waals surface area contributed by atoms with Crippen molar-refractivity contribution in [3.63, 3.8) is 0 Å². The standard InChI is InChI=1S/C20H24N2O2/c1-15(2)16-6-8-17(9-7-16)20(23)21-18-4-3-5-19(14-18)22-10-12-24-13-11-22/h3-9,14-15H,10-13H2,1-2H3,(H,21,23). The Morgan fingerprint density at radius 2 is 1.79 bits per heavy atom. The van der Waals surface area contributed by atoms with Crippen LogP contribution >= 0.6 is 0 Å². The van der Waals surface area contributed by atoms with Gasteiger partial charge in [-0.2, -0.15) is 0 Å². The highest BCUT2D eigenvalue weighted by molar-refractivity contribution is 6.04. The number of amides is 1. The van der Waals surface area contributed by atoms with Gasteiger partial charge in [0.25, 0.3) is 5.91 Å². The molecule has 3 rings (SSSR count). The van der Waals surface area contributed by atoms with Gasteiger partial charge in [0.2, 0.25) is 0 Å². The van der Waals surface area contributed by atoms with Crippen LogP contribution in [0.1, 0.15) is 35.7 Å². The SMILES string of the molecule is CC(C)c1ccc(C(=O)Nc2cccc(N3CCOCC3)c2)cc1. The zero-order valence-corrected chi connectivity index (χ0v) is 14.3. The van der Waals surface area contributed by atoms with E-state index in [9.17, 15) is 4.79 Å². The molecule has 4 nitrogen and oxygen atoms in total. The molecule has 1 heterocycles. The summed E-state index contributed by atoms with van der Waals surface area (Å²) in [4.78, 5) is 14.7. The Labute approximate surface area is 143 Å². The predicted molar refractivity (Wildman–Crippen MR) is 98.0 cm³/mol. The number of carbonyl (C=O) groups excluding carboxylic acids is 1. The zero-order chi connectivity index (χ0) is 16.9. The van der Waals surface area contributed by atoms with E-state index < -0.39 is 0 Å². The van der Waals surface area contributed by atoms with E-state index in [4.69, 9.17) is 4.74 Å². The van der Waals surface area contributed by atoms with Crippen LogP contribution in [0, 0.1) is 0 Å². The van der Waals surface area contributed by atoms with E-state index in [-0.39, 0.29) is 5.91 Å². The summed E-state index contributed by atoms with van der Waals surface area (Å²) in [5.74, 6) is 0.386. The Bertz CT molecular complexity index is 689. The maximum atomic E-state index is 12.4. The topological polar surface area (TPSA) is 41.6 Å². The van der Waals surface area contributed by atoms with Crippen LogP contribution in [0.5, 0.6) is 0 Å². The van der Waals surface area contributed by atoms with Gasteiger partial charge in [0, 0.05) is 30.0 Å². The summed E-state index contributed by atoms with van der Waals surface area (Å²) in [5.41, 5.74) is 3.85. The Kier molecular flexibility index (Phi) is 5.16. The number of morpholine rings is 1. The third-order valence-electron chi connectivity index (χ3n) is 4.32. The van der Waals surface area contributed by atoms with E-state index in [1.165, 1.54) is 5.56 Å². The molecule has 0 bridgehead atoms. The number of benzene rings is 2. The second kappa shape index (κ2) is 7.49. The lowest BCUT2D eigenvalue weighted by Crippen LogP contribution is -2.36. The van der Waals surface area contributed by atoms with E-state index in [1.807, 2.05) is 42.5 Å². The number of nitrogens with one attached hydrogen (secondary N) is 1. The van der Waals surface area contributed by atoms with Gasteiger partial charge in [-0.25, -0.2) is 0 Å². The third-order valence-corrected chi connectivity index (χ3v) is 4.32. The van der Waals surface area contributed by atoms with E-state index in [2.05, 4.69) is 30.1 Å². The molecule has 1 amide bonds. The van der Waals surface area contributed by atoms with Gasteiger partial charge in [-0.05, 0) is 41.8 Å². The lowest BCUT2D eigenvalue weighted by Gasteiger charge is -2.29. The molecule has 126 valence electrons. The van der Waals surface area contributed by atoms with Gasteiger partial charge in [0.1, 0.15) is 0 Å². The average molecular weight is 324 g/mol. The first-order valence-electron chi connectivity index (χ1n) is 8.47. The second-order valence-electron chi connectivity index (χ2n) is 6.38. The van der Waals surface area contributed by atoms with Crippen LogP contribution in [0.3, 0.4) is 0 Å². The molecule has 0 aliphatic carbocycles. The molecular weight excluding hydrogens is 300 g/mol. The first-order valence-corrected chi connectivity index (χ1v) is 8.47. The molecular formula is C20H24N2O2. The molecule has 1 N–H and O–H groups in total. The molecule has 0 spiro atoms. The van der Waals surface area contributed by atoms with Crippen LogP contribution in [-0.2, 0) is 4.74 Å². The van der Waals surface area contributed by atoms with Gasteiger partial charge in [0.05, 0.1) is 13.2 Å². The Morgan fingerprint density at radius 1 is 1.08 bits per heavy atom. The largest absolute Gasteiger partial charge is 0.378 e. The van der Waals surface area contributed by atoms with Crippen molar-refractivity contribution in [2.24, 2.45) is 0 Å². The van der Waals surface area contributed by atoms with Crippen molar-refractivity contribution in [3.8, 4) is 0 Å². The van der Waals surface area contributed by atoms with Crippen LogP contribution in [0.15, 0.2) is 48.5 Å². The highest BCUT2D eigenvalue weighted by atomic mass is 16.5. The number of ether oxygens (including phenoxy) is 1. The summed E-state index contributed by atoms with van der Waals surface area (Å²) in [7, 11) is 0. The Balaban J connectivity index is 1.69. The first-order chi connectivity index (χ1) is 11.6. The fraction of sp³-hybridized carbons (Fsp3) is 0.350. The molecule has 24 heavy (non-hydrogen) atoms. The van der Waals surface area contributed by atoms with E-state index in [0.29, 0.717) is 11.5 Å². The molecule has 4 heteroatoms. The molecule has 0 atom stereocenters. The predicted octanol–water partition coefficient (Wildman–Crippen LogP) is 3.90. The number of hydrogen-bond donors (Lipinski definition) is 1. The molecule has 0 aromatic heterocycles. The molecule has 2 aromatic carbocycles. The zero-order valence-electron chi connectivity index (χ0n) is 14.3. The second-order valence-corrected chi connectivity index (χ2v) is 6.38. The summed E-state index contributed by atoms with van der Waals surface area (Å²) in [6.45, 7) is 7.55. The van der Waals surface area contributed by atoms with E-state index >= 15 is 0 Å². The minimum absolute atomic E-state index is 0.0792. The minimum atomic E-state index is -0.0792. The Hall–Kier alpha value is -2.33. The van der Waals surface area contributed by atoms with Gasteiger partial charge in [-0.15, -0.1) is 0 Å². The lowest BCUT2D eigenvalue weighted by molar-refractivity contribution is 0.102. The molecule has 0 saturated carbocycles. The molecule has 0 unspecified atom stereocenters. The smallest absolute Gasteiger partial charge is 0.255 e. The number of anilines is 2. The van der Waals surface area contributed by atoms with Gasteiger partial charge < -0.3 is 15.0 Å². The molecule has 1 aliphatic rings.